The molecule has 0 radical (unpaired) electrons. The molecule has 1 unspecified atom stereocenters. The van der Waals surface area contributed by atoms with Gasteiger partial charge in [0.25, 0.3) is 5.91 Å². The van der Waals surface area contributed by atoms with Gasteiger partial charge in [0.1, 0.15) is 11.6 Å². The number of carbonyl (C=O) groups excluding carboxylic acids is 1. The second kappa shape index (κ2) is 6.13. The molecule has 0 aliphatic heterocycles. The van der Waals surface area contributed by atoms with E-state index in [1.165, 1.54) is 24.3 Å². The molecule has 0 aliphatic rings. The molecule has 0 aliphatic carbocycles. The Bertz CT molecular complexity index is 646. The van der Waals surface area contributed by atoms with Crippen LogP contribution in [0.1, 0.15) is 28.9 Å². The maximum absolute atomic E-state index is 13.4. The number of hydrogen-bond donors (Lipinski definition) is 1. The van der Waals surface area contributed by atoms with Crippen molar-refractivity contribution in [3.63, 3.8) is 0 Å². The van der Waals surface area contributed by atoms with Crippen molar-refractivity contribution < 1.29 is 13.6 Å². The molecule has 2 rings (SSSR count). The highest BCUT2D eigenvalue weighted by atomic mass is 79.9. The Balaban J connectivity index is 2.13. The Morgan fingerprint density at radius 2 is 1.95 bits per heavy atom. The summed E-state index contributed by atoms with van der Waals surface area (Å²) >= 11 is 3.03. The SMILES string of the molecule is CC(NC(=O)c1ccc(Br)c(F)c1)c1cccc(F)c1. The molecule has 2 aromatic rings. The Kier molecular flexibility index (Phi) is 4.49. The molecule has 2 nitrogen and oxygen atoms in total. The standard InChI is InChI=1S/C15H12BrF2NO/c1-9(10-3-2-4-12(17)7-10)19-15(20)11-5-6-13(16)14(18)8-11/h2-9H,1H3,(H,19,20). The van der Waals surface area contributed by atoms with E-state index >= 15 is 0 Å². The lowest BCUT2D eigenvalue weighted by molar-refractivity contribution is 0.0939. The molecular formula is C15H12BrF2NO. The number of halogens is 3. The molecule has 20 heavy (non-hydrogen) atoms. The van der Waals surface area contributed by atoms with E-state index in [1.807, 2.05) is 0 Å². The van der Waals surface area contributed by atoms with Gasteiger partial charge in [-0.3, -0.25) is 4.79 Å². The second-order valence-corrected chi connectivity index (χ2v) is 5.23. The summed E-state index contributed by atoms with van der Waals surface area (Å²) in [6.45, 7) is 1.74. The molecule has 0 spiro atoms. The van der Waals surface area contributed by atoms with E-state index in [0.717, 1.165) is 6.07 Å². The number of rotatable bonds is 3. The molecule has 104 valence electrons. The lowest BCUT2D eigenvalue weighted by Gasteiger charge is -2.14. The van der Waals surface area contributed by atoms with Crippen LogP contribution in [0.5, 0.6) is 0 Å². The monoisotopic (exact) mass is 339 g/mol. The van der Waals surface area contributed by atoms with Crippen LogP contribution in [0.2, 0.25) is 0 Å². The first-order valence-corrected chi connectivity index (χ1v) is 6.78. The number of hydrogen-bond acceptors (Lipinski definition) is 1. The zero-order valence-electron chi connectivity index (χ0n) is 10.7. The summed E-state index contributed by atoms with van der Waals surface area (Å²) in [6.07, 6.45) is 0. The van der Waals surface area contributed by atoms with Crippen LogP contribution in [0.25, 0.3) is 0 Å². The zero-order valence-corrected chi connectivity index (χ0v) is 12.2. The number of amides is 1. The van der Waals surface area contributed by atoms with Crippen molar-refractivity contribution in [2.24, 2.45) is 0 Å². The summed E-state index contributed by atoms with van der Waals surface area (Å²) in [5, 5.41) is 2.70. The summed E-state index contributed by atoms with van der Waals surface area (Å²) in [5.74, 6) is -1.28. The molecule has 5 heteroatoms. The normalized spacial score (nSPS) is 12.0. The first-order chi connectivity index (χ1) is 9.47. The van der Waals surface area contributed by atoms with Crippen molar-refractivity contribution in [2.75, 3.05) is 0 Å². The van der Waals surface area contributed by atoms with Gasteiger partial charge in [0, 0.05) is 5.56 Å². The van der Waals surface area contributed by atoms with Crippen LogP contribution in [-0.2, 0) is 0 Å². The average molecular weight is 340 g/mol. The third-order valence-corrected chi connectivity index (χ3v) is 3.52. The van der Waals surface area contributed by atoms with Gasteiger partial charge >= 0.3 is 0 Å². The van der Waals surface area contributed by atoms with Gasteiger partial charge in [0.05, 0.1) is 10.5 Å². The fourth-order valence-corrected chi connectivity index (χ4v) is 2.02. The number of nitrogens with one attached hydrogen (secondary N) is 1. The fourth-order valence-electron chi connectivity index (χ4n) is 1.78. The summed E-state index contributed by atoms with van der Waals surface area (Å²) in [4.78, 5) is 12.0. The molecule has 0 bridgehead atoms. The van der Waals surface area contributed by atoms with Crippen LogP contribution in [0.4, 0.5) is 8.78 Å². The van der Waals surface area contributed by atoms with E-state index in [9.17, 15) is 13.6 Å². The van der Waals surface area contributed by atoms with E-state index in [-0.39, 0.29) is 17.4 Å². The topological polar surface area (TPSA) is 29.1 Å². The highest BCUT2D eigenvalue weighted by Crippen LogP contribution is 2.18. The molecule has 1 N–H and O–H groups in total. The largest absolute Gasteiger partial charge is 0.346 e. The maximum Gasteiger partial charge on any atom is 0.251 e. The summed E-state index contributed by atoms with van der Waals surface area (Å²) < 4.78 is 26.8. The van der Waals surface area contributed by atoms with E-state index < -0.39 is 11.7 Å². The van der Waals surface area contributed by atoms with Crippen LogP contribution in [0.3, 0.4) is 0 Å². The fraction of sp³-hybridized carbons (Fsp3) is 0.133. The number of carbonyl (C=O) groups is 1. The van der Waals surface area contributed by atoms with Crippen LogP contribution < -0.4 is 5.32 Å². The minimum absolute atomic E-state index is 0.217. The quantitative estimate of drug-likeness (QED) is 0.891. The van der Waals surface area contributed by atoms with Gasteiger partial charge in [-0.1, -0.05) is 12.1 Å². The first kappa shape index (κ1) is 14.7. The van der Waals surface area contributed by atoms with Gasteiger partial charge in [-0.25, -0.2) is 8.78 Å². The highest BCUT2D eigenvalue weighted by molar-refractivity contribution is 9.10. The average Bonchev–Trinajstić information content (AvgIpc) is 2.41. The highest BCUT2D eigenvalue weighted by Gasteiger charge is 2.13. The lowest BCUT2D eigenvalue weighted by Crippen LogP contribution is -2.26. The molecule has 0 saturated heterocycles. The van der Waals surface area contributed by atoms with E-state index in [1.54, 1.807) is 19.1 Å². The summed E-state index contributed by atoms with van der Waals surface area (Å²) in [7, 11) is 0. The van der Waals surface area contributed by atoms with Crippen LogP contribution in [-0.4, -0.2) is 5.91 Å². The third kappa shape index (κ3) is 3.42. The lowest BCUT2D eigenvalue weighted by atomic mass is 10.1. The van der Waals surface area contributed by atoms with Crippen LogP contribution >= 0.6 is 15.9 Å². The van der Waals surface area contributed by atoms with Crippen molar-refractivity contribution in [1.82, 2.24) is 5.32 Å². The molecule has 2 aromatic carbocycles. The van der Waals surface area contributed by atoms with E-state index in [2.05, 4.69) is 21.2 Å². The Morgan fingerprint density at radius 1 is 1.20 bits per heavy atom. The molecule has 1 amide bonds. The van der Waals surface area contributed by atoms with Gasteiger partial charge in [-0.2, -0.15) is 0 Å². The minimum atomic E-state index is -0.504. The van der Waals surface area contributed by atoms with E-state index in [4.69, 9.17) is 0 Å². The third-order valence-electron chi connectivity index (χ3n) is 2.88. The number of benzene rings is 2. The van der Waals surface area contributed by atoms with Gasteiger partial charge in [0.15, 0.2) is 0 Å². The van der Waals surface area contributed by atoms with Gasteiger partial charge in [0.2, 0.25) is 0 Å². The summed E-state index contributed by atoms with van der Waals surface area (Å²) in [5.41, 5.74) is 0.866. The Morgan fingerprint density at radius 3 is 2.60 bits per heavy atom. The predicted molar refractivity (Wildman–Crippen MR) is 76.4 cm³/mol. The van der Waals surface area contributed by atoms with Crippen molar-refractivity contribution in [2.45, 2.75) is 13.0 Å². The molecule has 0 saturated carbocycles. The van der Waals surface area contributed by atoms with Crippen LogP contribution in [0, 0.1) is 11.6 Å². The first-order valence-electron chi connectivity index (χ1n) is 5.99. The minimum Gasteiger partial charge on any atom is -0.346 e. The molecule has 0 fully saturated rings. The van der Waals surface area contributed by atoms with Gasteiger partial charge in [-0.05, 0) is 58.7 Å². The van der Waals surface area contributed by atoms with Crippen molar-refractivity contribution in [3.8, 4) is 0 Å². The molecule has 1 atom stereocenters. The molecule has 0 heterocycles. The molecular weight excluding hydrogens is 328 g/mol. The maximum atomic E-state index is 13.4. The Hall–Kier alpha value is -1.75. The second-order valence-electron chi connectivity index (χ2n) is 4.38. The Labute approximate surface area is 123 Å². The summed E-state index contributed by atoms with van der Waals surface area (Å²) in [6, 6.07) is 9.75. The van der Waals surface area contributed by atoms with E-state index in [0.29, 0.717) is 10.0 Å². The zero-order chi connectivity index (χ0) is 14.7. The smallest absolute Gasteiger partial charge is 0.251 e. The molecule has 0 aromatic heterocycles. The van der Waals surface area contributed by atoms with Crippen molar-refractivity contribution in [1.29, 1.82) is 0 Å². The predicted octanol–water partition coefficient (Wildman–Crippen LogP) is 4.22. The van der Waals surface area contributed by atoms with Crippen molar-refractivity contribution >= 4 is 21.8 Å². The van der Waals surface area contributed by atoms with Crippen molar-refractivity contribution in [3.05, 3.63) is 69.7 Å². The van der Waals surface area contributed by atoms with Gasteiger partial charge < -0.3 is 5.32 Å². The van der Waals surface area contributed by atoms with Crippen LogP contribution in [0.15, 0.2) is 46.9 Å². The van der Waals surface area contributed by atoms with Gasteiger partial charge in [-0.15, -0.1) is 0 Å².